The molecule has 0 radical (unpaired) electrons. The highest BCUT2D eigenvalue weighted by atomic mass is 16.7. The summed E-state index contributed by atoms with van der Waals surface area (Å²) in [4.78, 5) is 8.13. The summed E-state index contributed by atoms with van der Waals surface area (Å²) in [5, 5.41) is 5.03. The van der Waals surface area contributed by atoms with E-state index in [0.29, 0.717) is 19.0 Å². The fraction of sp³-hybridized carbons (Fsp3) is 0.545. The number of hydrogen-bond acceptors (Lipinski definition) is 6. The lowest BCUT2D eigenvalue weighted by molar-refractivity contribution is -0.139. The lowest BCUT2D eigenvalue weighted by Gasteiger charge is -2.17. The minimum atomic E-state index is -0.526. The Morgan fingerprint density at radius 3 is 3.06 bits per heavy atom. The second kappa shape index (κ2) is 3.89. The zero-order valence-corrected chi connectivity index (χ0v) is 10.3. The van der Waals surface area contributed by atoms with Gasteiger partial charge in [0.15, 0.2) is 11.4 Å². The van der Waals surface area contributed by atoms with E-state index in [2.05, 4.69) is 15.1 Å². The van der Waals surface area contributed by atoms with E-state index in [4.69, 9.17) is 15.2 Å². The molecule has 7 heteroatoms. The Bertz CT molecular complexity index is 580. The molecule has 0 amide bonds. The zero-order valence-electron chi connectivity index (χ0n) is 10.3. The highest BCUT2D eigenvalue weighted by Gasteiger charge is 2.33. The van der Waals surface area contributed by atoms with Crippen molar-refractivity contribution in [3.8, 4) is 0 Å². The molecule has 1 atom stereocenters. The van der Waals surface area contributed by atoms with E-state index >= 15 is 0 Å². The van der Waals surface area contributed by atoms with Gasteiger partial charge in [-0.2, -0.15) is 5.10 Å². The number of nitrogens with zero attached hydrogens (tertiary/aromatic N) is 4. The number of ether oxygens (including phenoxy) is 2. The molecule has 2 N–H and O–H groups in total. The van der Waals surface area contributed by atoms with Crippen LogP contribution < -0.4 is 5.73 Å². The van der Waals surface area contributed by atoms with Crippen molar-refractivity contribution < 1.29 is 9.47 Å². The Morgan fingerprint density at radius 1 is 1.50 bits per heavy atom. The molecule has 3 rings (SSSR count). The highest BCUT2D eigenvalue weighted by Crippen LogP contribution is 2.24. The number of rotatable bonds is 2. The molecule has 2 aromatic rings. The van der Waals surface area contributed by atoms with E-state index < -0.39 is 5.79 Å². The standard InChI is InChI=1S/C11H15N5O2/c1-11(2)17-5-7(18-11)4-16-10-8(3-15-16)9(12)13-6-14-10/h3,6-7H,4-5H2,1-2H3,(H2,12,13,14). The lowest BCUT2D eigenvalue weighted by atomic mass is 10.3. The van der Waals surface area contributed by atoms with Crippen LogP contribution in [0.4, 0.5) is 5.82 Å². The number of nitrogens with two attached hydrogens (primary N) is 1. The van der Waals surface area contributed by atoms with Gasteiger partial charge in [-0.15, -0.1) is 0 Å². The molecule has 1 fully saturated rings. The van der Waals surface area contributed by atoms with Gasteiger partial charge in [-0.1, -0.05) is 0 Å². The van der Waals surface area contributed by atoms with E-state index in [1.807, 2.05) is 13.8 Å². The number of nitrogen functional groups attached to an aromatic ring is 1. The number of fused-ring (bicyclic) bond motifs is 1. The molecule has 0 bridgehead atoms. The maximum Gasteiger partial charge on any atom is 0.163 e. The van der Waals surface area contributed by atoms with Crippen LogP contribution >= 0.6 is 0 Å². The maximum absolute atomic E-state index is 5.76. The highest BCUT2D eigenvalue weighted by molar-refractivity contribution is 5.84. The Balaban J connectivity index is 1.86. The van der Waals surface area contributed by atoms with Crippen LogP contribution in [0, 0.1) is 0 Å². The molecule has 0 aromatic carbocycles. The van der Waals surface area contributed by atoms with Crippen LogP contribution in [0.2, 0.25) is 0 Å². The summed E-state index contributed by atoms with van der Waals surface area (Å²) >= 11 is 0. The average Bonchev–Trinajstić information content (AvgIpc) is 2.85. The predicted molar refractivity (Wildman–Crippen MR) is 64.6 cm³/mol. The van der Waals surface area contributed by atoms with Crippen LogP contribution in [0.25, 0.3) is 11.0 Å². The van der Waals surface area contributed by atoms with Crippen molar-refractivity contribution in [1.29, 1.82) is 0 Å². The summed E-state index contributed by atoms with van der Waals surface area (Å²) in [5.74, 6) is -0.0862. The molecule has 0 saturated carbocycles. The van der Waals surface area contributed by atoms with Gasteiger partial charge < -0.3 is 15.2 Å². The molecule has 18 heavy (non-hydrogen) atoms. The van der Waals surface area contributed by atoms with Crippen LogP contribution in [0.5, 0.6) is 0 Å². The summed E-state index contributed by atoms with van der Waals surface area (Å²) in [6, 6.07) is 0. The summed E-state index contributed by atoms with van der Waals surface area (Å²) in [5.41, 5.74) is 6.48. The average molecular weight is 249 g/mol. The number of aromatic nitrogens is 4. The van der Waals surface area contributed by atoms with Crippen molar-refractivity contribution in [3.63, 3.8) is 0 Å². The van der Waals surface area contributed by atoms with Crippen molar-refractivity contribution in [1.82, 2.24) is 19.7 Å². The van der Waals surface area contributed by atoms with Gasteiger partial charge in [-0.05, 0) is 13.8 Å². The molecule has 1 aliphatic heterocycles. The van der Waals surface area contributed by atoms with Gasteiger partial charge in [-0.3, -0.25) is 0 Å². The predicted octanol–water partition coefficient (Wildman–Crippen LogP) is 0.560. The molecule has 0 aliphatic carbocycles. The number of anilines is 1. The Morgan fingerprint density at radius 2 is 2.33 bits per heavy atom. The van der Waals surface area contributed by atoms with Gasteiger partial charge in [0.25, 0.3) is 0 Å². The van der Waals surface area contributed by atoms with Crippen LogP contribution in [0.1, 0.15) is 13.8 Å². The molecular weight excluding hydrogens is 234 g/mol. The second-order valence-electron chi connectivity index (χ2n) is 4.77. The maximum atomic E-state index is 5.76. The second-order valence-corrected chi connectivity index (χ2v) is 4.77. The zero-order chi connectivity index (χ0) is 12.8. The van der Waals surface area contributed by atoms with Crippen molar-refractivity contribution in [2.75, 3.05) is 12.3 Å². The Hall–Kier alpha value is -1.73. The minimum absolute atomic E-state index is 0.0284. The van der Waals surface area contributed by atoms with Gasteiger partial charge in [0.2, 0.25) is 0 Å². The molecular formula is C11H15N5O2. The summed E-state index contributed by atoms with van der Waals surface area (Å²) < 4.78 is 13.0. The first-order chi connectivity index (χ1) is 8.55. The smallest absolute Gasteiger partial charge is 0.163 e. The summed E-state index contributed by atoms with van der Waals surface area (Å²) in [7, 11) is 0. The van der Waals surface area contributed by atoms with E-state index in [9.17, 15) is 0 Å². The first-order valence-corrected chi connectivity index (χ1v) is 5.79. The Kier molecular flexibility index (Phi) is 2.46. The van der Waals surface area contributed by atoms with Crippen LogP contribution in [0.15, 0.2) is 12.5 Å². The van der Waals surface area contributed by atoms with Crippen molar-refractivity contribution in [2.24, 2.45) is 0 Å². The molecule has 1 unspecified atom stereocenters. The molecule has 2 aromatic heterocycles. The topological polar surface area (TPSA) is 88.1 Å². The third-order valence-electron chi connectivity index (χ3n) is 2.91. The van der Waals surface area contributed by atoms with Crippen LogP contribution in [-0.4, -0.2) is 38.2 Å². The quantitative estimate of drug-likeness (QED) is 0.836. The summed E-state index contributed by atoms with van der Waals surface area (Å²) in [6.07, 6.45) is 3.08. The van der Waals surface area contributed by atoms with E-state index in [-0.39, 0.29) is 6.10 Å². The molecule has 1 saturated heterocycles. The summed E-state index contributed by atoms with van der Waals surface area (Å²) in [6.45, 7) is 4.93. The normalized spacial score (nSPS) is 22.7. The van der Waals surface area contributed by atoms with Gasteiger partial charge in [0.05, 0.1) is 24.7 Å². The molecule has 3 heterocycles. The molecule has 96 valence electrons. The van der Waals surface area contributed by atoms with Crippen molar-refractivity contribution >= 4 is 16.9 Å². The Labute approximate surface area is 104 Å². The van der Waals surface area contributed by atoms with Gasteiger partial charge in [-0.25, -0.2) is 14.6 Å². The number of hydrogen-bond donors (Lipinski definition) is 1. The first kappa shape index (κ1) is 11.4. The SMILES string of the molecule is CC1(C)OCC(Cn2ncc3c(N)ncnc32)O1. The lowest BCUT2D eigenvalue weighted by Crippen LogP contribution is -2.24. The third kappa shape index (κ3) is 1.91. The van der Waals surface area contributed by atoms with Crippen molar-refractivity contribution in [2.45, 2.75) is 32.3 Å². The van der Waals surface area contributed by atoms with E-state index in [0.717, 1.165) is 11.0 Å². The van der Waals surface area contributed by atoms with Crippen LogP contribution in [-0.2, 0) is 16.0 Å². The fourth-order valence-electron chi connectivity index (χ4n) is 2.09. The third-order valence-corrected chi connectivity index (χ3v) is 2.91. The molecule has 1 aliphatic rings. The van der Waals surface area contributed by atoms with Gasteiger partial charge in [0, 0.05) is 0 Å². The van der Waals surface area contributed by atoms with E-state index in [1.165, 1.54) is 6.33 Å². The van der Waals surface area contributed by atoms with Gasteiger partial charge in [0.1, 0.15) is 18.2 Å². The van der Waals surface area contributed by atoms with Crippen LogP contribution in [0.3, 0.4) is 0 Å². The largest absolute Gasteiger partial charge is 0.383 e. The molecule has 0 spiro atoms. The molecule has 7 nitrogen and oxygen atoms in total. The van der Waals surface area contributed by atoms with E-state index in [1.54, 1.807) is 10.9 Å². The first-order valence-electron chi connectivity index (χ1n) is 5.79. The minimum Gasteiger partial charge on any atom is -0.383 e. The fourth-order valence-corrected chi connectivity index (χ4v) is 2.09. The van der Waals surface area contributed by atoms with Crippen molar-refractivity contribution in [3.05, 3.63) is 12.5 Å². The monoisotopic (exact) mass is 249 g/mol. The van der Waals surface area contributed by atoms with Gasteiger partial charge >= 0.3 is 0 Å².